The van der Waals surface area contributed by atoms with Crippen molar-refractivity contribution in [1.29, 1.82) is 0 Å². The van der Waals surface area contributed by atoms with Gasteiger partial charge < -0.3 is 10.1 Å². The number of anilines is 1. The van der Waals surface area contributed by atoms with E-state index >= 15 is 0 Å². The molecule has 3 rings (SSSR count). The number of carbonyl (C=O) groups is 2. The molecule has 0 radical (unpaired) electrons. The summed E-state index contributed by atoms with van der Waals surface area (Å²) in [5.74, 6) is -1.01. The number of halogens is 1. The maximum Gasteiger partial charge on any atom is 0.340 e. The fourth-order valence-electron chi connectivity index (χ4n) is 2.38. The molecule has 0 spiro atoms. The van der Waals surface area contributed by atoms with Crippen LogP contribution >= 0.6 is 11.6 Å². The van der Waals surface area contributed by atoms with Gasteiger partial charge in [0, 0.05) is 16.1 Å². The molecule has 0 aliphatic heterocycles. The average molecular weight is 355 g/mol. The van der Waals surface area contributed by atoms with Crippen molar-refractivity contribution in [2.45, 2.75) is 6.92 Å². The average Bonchev–Trinajstić information content (AvgIpc) is 2.60. The lowest BCUT2D eigenvalue weighted by molar-refractivity contribution is -0.119. The normalized spacial score (nSPS) is 10.5. The molecule has 0 unspecified atom stereocenters. The zero-order valence-corrected chi connectivity index (χ0v) is 14.2. The predicted octanol–water partition coefficient (Wildman–Crippen LogP) is 3.99. The number of ether oxygens (including phenoxy) is 1. The Morgan fingerprint density at radius 2 is 1.88 bits per heavy atom. The van der Waals surface area contributed by atoms with E-state index in [1.807, 2.05) is 6.07 Å². The molecule has 6 heteroatoms. The van der Waals surface area contributed by atoms with Crippen LogP contribution in [-0.4, -0.2) is 23.5 Å². The van der Waals surface area contributed by atoms with Gasteiger partial charge >= 0.3 is 5.97 Å². The predicted molar refractivity (Wildman–Crippen MR) is 96.8 cm³/mol. The number of aromatic nitrogens is 1. The molecule has 1 amide bonds. The largest absolute Gasteiger partial charge is 0.452 e. The number of benzene rings is 2. The minimum absolute atomic E-state index is 0.308. The van der Waals surface area contributed by atoms with E-state index in [0.29, 0.717) is 22.0 Å². The number of rotatable bonds is 4. The summed E-state index contributed by atoms with van der Waals surface area (Å²) in [5, 5.41) is 3.94. The van der Waals surface area contributed by atoms with Crippen LogP contribution in [0, 0.1) is 6.92 Å². The second-order valence-electron chi connectivity index (χ2n) is 5.45. The fourth-order valence-corrected chi connectivity index (χ4v) is 2.56. The lowest BCUT2D eigenvalue weighted by Crippen LogP contribution is -2.21. The monoisotopic (exact) mass is 354 g/mol. The van der Waals surface area contributed by atoms with Crippen molar-refractivity contribution in [2.75, 3.05) is 11.9 Å². The summed E-state index contributed by atoms with van der Waals surface area (Å²) in [7, 11) is 0. The number of esters is 1. The van der Waals surface area contributed by atoms with E-state index in [0.717, 1.165) is 10.9 Å². The van der Waals surface area contributed by atoms with Crippen LogP contribution in [-0.2, 0) is 9.53 Å². The van der Waals surface area contributed by atoms with Gasteiger partial charge in [-0.25, -0.2) is 4.79 Å². The number of amides is 1. The molecule has 0 fully saturated rings. The van der Waals surface area contributed by atoms with Gasteiger partial charge in [0.25, 0.3) is 5.91 Å². The van der Waals surface area contributed by atoms with Crippen molar-refractivity contribution in [2.24, 2.45) is 0 Å². The molecule has 0 aliphatic rings. The lowest BCUT2D eigenvalue weighted by atomic mass is 10.1. The number of hydrogen-bond donors (Lipinski definition) is 1. The van der Waals surface area contributed by atoms with E-state index in [1.54, 1.807) is 55.5 Å². The first-order valence-corrected chi connectivity index (χ1v) is 7.99. The lowest BCUT2D eigenvalue weighted by Gasteiger charge is -2.09. The molecule has 126 valence electrons. The van der Waals surface area contributed by atoms with Crippen molar-refractivity contribution in [3.63, 3.8) is 0 Å². The van der Waals surface area contributed by atoms with E-state index in [-0.39, 0.29) is 6.61 Å². The zero-order chi connectivity index (χ0) is 17.8. The van der Waals surface area contributed by atoms with E-state index in [1.165, 1.54) is 0 Å². The molecule has 0 aliphatic carbocycles. The number of nitrogens with one attached hydrogen (secondary N) is 1. The Labute approximate surface area is 149 Å². The number of para-hydroxylation sites is 1. The minimum atomic E-state index is -0.602. The Hall–Kier alpha value is -2.92. The first-order chi connectivity index (χ1) is 12.0. The topological polar surface area (TPSA) is 68.3 Å². The van der Waals surface area contributed by atoms with Gasteiger partial charge in [0.2, 0.25) is 0 Å². The molecule has 2 aromatic carbocycles. The number of fused-ring (bicyclic) bond motifs is 1. The molecular formula is C19H15ClN2O3. The van der Waals surface area contributed by atoms with Gasteiger partial charge in [0.15, 0.2) is 6.61 Å². The Bertz CT molecular complexity index is 942. The van der Waals surface area contributed by atoms with Crippen LogP contribution in [0.2, 0.25) is 5.02 Å². The molecule has 1 N–H and O–H groups in total. The third kappa shape index (κ3) is 4.14. The number of nitrogens with zero attached hydrogens (tertiary/aromatic N) is 1. The van der Waals surface area contributed by atoms with E-state index < -0.39 is 11.9 Å². The Kier molecular flexibility index (Phi) is 4.95. The SMILES string of the molecule is Cc1nc2ccc(Cl)cc2cc1C(=O)OCC(=O)Nc1ccccc1. The standard InChI is InChI=1S/C19H15ClN2O3/c1-12-16(10-13-9-14(20)7-8-17(13)21-12)19(24)25-11-18(23)22-15-5-3-2-4-6-15/h2-10H,11H2,1H3,(H,22,23). The van der Waals surface area contributed by atoms with Crippen LogP contribution in [0.15, 0.2) is 54.6 Å². The molecule has 1 aromatic heterocycles. The van der Waals surface area contributed by atoms with Crippen molar-refractivity contribution in [1.82, 2.24) is 4.98 Å². The van der Waals surface area contributed by atoms with E-state index in [2.05, 4.69) is 10.3 Å². The summed E-state index contributed by atoms with van der Waals surface area (Å²) in [6, 6.07) is 15.9. The van der Waals surface area contributed by atoms with Gasteiger partial charge in [-0.2, -0.15) is 0 Å². The summed E-state index contributed by atoms with van der Waals surface area (Å²) in [4.78, 5) is 28.5. The summed E-state index contributed by atoms with van der Waals surface area (Å²) < 4.78 is 5.10. The van der Waals surface area contributed by atoms with Gasteiger partial charge in [-0.05, 0) is 43.3 Å². The van der Waals surface area contributed by atoms with Crippen molar-refractivity contribution in [3.05, 3.63) is 70.9 Å². The smallest absolute Gasteiger partial charge is 0.340 e. The van der Waals surface area contributed by atoms with Crippen molar-refractivity contribution >= 4 is 40.1 Å². The first kappa shape index (κ1) is 16.9. The third-order valence-electron chi connectivity index (χ3n) is 3.58. The quantitative estimate of drug-likeness (QED) is 0.719. The fraction of sp³-hybridized carbons (Fsp3) is 0.105. The van der Waals surface area contributed by atoms with Crippen LogP contribution < -0.4 is 5.32 Å². The highest BCUT2D eigenvalue weighted by molar-refractivity contribution is 6.31. The van der Waals surface area contributed by atoms with Crippen LogP contribution in [0.25, 0.3) is 10.9 Å². The molecular weight excluding hydrogens is 340 g/mol. The van der Waals surface area contributed by atoms with E-state index in [4.69, 9.17) is 16.3 Å². The highest BCUT2D eigenvalue weighted by Crippen LogP contribution is 2.21. The van der Waals surface area contributed by atoms with Crippen LogP contribution in [0.3, 0.4) is 0 Å². The number of aryl methyl sites for hydroxylation is 1. The number of carbonyl (C=O) groups excluding carboxylic acids is 2. The third-order valence-corrected chi connectivity index (χ3v) is 3.81. The maximum absolute atomic E-state index is 12.3. The van der Waals surface area contributed by atoms with Gasteiger partial charge in [-0.1, -0.05) is 29.8 Å². The Morgan fingerprint density at radius 3 is 2.64 bits per heavy atom. The highest BCUT2D eigenvalue weighted by atomic mass is 35.5. The summed E-state index contributed by atoms with van der Waals surface area (Å²) in [6.07, 6.45) is 0. The minimum Gasteiger partial charge on any atom is -0.452 e. The molecule has 0 saturated carbocycles. The van der Waals surface area contributed by atoms with E-state index in [9.17, 15) is 9.59 Å². The van der Waals surface area contributed by atoms with Crippen molar-refractivity contribution in [3.8, 4) is 0 Å². The second-order valence-corrected chi connectivity index (χ2v) is 5.89. The molecule has 0 saturated heterocycles. The molecule has 0 bridgehead atoms. The van der Waals surface area contributed by atoms with Crippen LogP contribution in [0.1, 0.15) is 16.1 Å². The first-order valence-electron chi connectivity index (χ1n) is 7.62. The molecule has 1 heterocycles. The summed E-state index contributed by atoms with van der Waals surface area (Å²) in [6.45, 7) is 1.34. The molecule has 25 heavy (non-hydrogen) atoms. The van der Waals surface area contributed by atoms with Gasteiger partial charge in [0.05, 0.1) is 16.8 Å². The molecule has 3 aromatic rings. The van der Waals surface area contributed by atoms with Crippen LogP contribution in [0.4, 0.5) is 5.69 Å². The Balaban J connectivity index is 1.69. The highest BCUT2D eigenvalue weighted by Gasteiger charge is 2.15. The molecule has 0 atom stereocenters. The summed E-state index contributed by atoms with van der Waals surface area (Å²) in [5.41, 5.74) is 2.22. The van der Waals surface area contributed by atoms with Gasteiger partial charge in [0.1, 0.15) is 0 Å². The van der Waals surface area contributed by atoms with Crippen LogP contribution in [0.5, 0.6) is 0 Å². The Morgan fingerprint density at radius 1 is 1.12 bits per heavy atom. The second kappa shape index (κ2) is 7.32. The molecule has 5 nitrogen and oxygen atoms in total. The number of pyridine rings is 1. The number of hydrogen-bond acceptors (Lipinski definition) is 4. The van der Waals surface area contributed by atoms with Gasteiger partial charge in [-0.3, -0.25) is 9.78 Å². The van der Waals surface area contributed by atoms with Gasteiger partial charge in [-0.15, -0.1) is 0 Å². The maximum atomic E-state index is 12.3. The summed E-state index contributed by atoms with van der Waals surface area (Å²) >= 11 is 5.97. The zero-order valence-electron chi connectivity index (χ0n) is 13.5. The van der Waals surface area contributed by atoms with Crippen molar-refractivity contribution < 1.29 is 14.3 Å².